The highest BCUT2D eigenvalue weighted by Crippen LogP contribution is 2.27. The number of hydrogen-bond acceptors (Lipinski definition) is 4. The Morgan fingerprint density at radius 3 is 1.33 bits per heavy atom. The first-order valence-electron chi connectivity index (χ1n) is 15.6. The van der Waals surface area contributed by atoms with Crippen molar-refractivity contribution in [1.82, 2.24) is 0 Å². The summed E-state index contributed by atoms with van der Waals surface area (Å²) in [4.78, 5) is 26.1. The fourth-order valence-electron chi connectivity index (χ4n) is 5.57. The van der Waals surface area contributed by atoms with Crippen LogP contribution in [0.25, 0.3) is 0 Å². The third kappa shape index (κ3) is 8.02. The second-order valence-corrected chi connectivity index (χ2v) is 12.2. The van der Waals surface area contributed by atoms with Crippen LogP contribution in [0, 0.1) is 13.8 Å². The third-order valence-corrected chi connectivity index (χ3v) is 8.47. The zero-order valence-corrected chi connectivity index (χ0v) is 26.7. The summed E-state index contributed by atoms with van der Waals surface area (Å²) in [5, 5.41) is 25.5. The smallest absolute Gasteiger partial charge is 0.255 e. The van der Waals surface area contributed by atoms with Crippen molar-refractivity contribution in [3.63, 3.8) is 0 Å². The van der Waals surface area contributed by atoms with E-state index in [1.165, 1.54) is 11.1 Å². The minimum atomic E-state index is -0.294. The van der Waals surface area contributed by atoms with Crippen molar-refractivity contribution < 1.29 is 19.8 Å². The number of anilines is 2. The Labute approximate surface area is 270 Å². The molecule has 0 bridgehead atoms. The number of phenols is 2. The van der Waals surface area contributed by atoms with Gasteiger partial charge >= 0.3 is 0 Å². The van der Waals surface area contributed by atoms with E-state index in [-0.39, 0.29) is 23.7 Å². The number of rotatable bonds is 10. The first-order valence-corrected chi connectivity index (χ1v) is 15.6. The molecule has 0 heterocycles. The summed E-state index contributed by atoms with van der Waals surface area (Å²) >= 11 is 0. The van der Waals surface area contributed by atoms with Gasteiger partial charge in [-0.1, -0.05) is 68.4 Å². The van der Waals surface area contributed by atoms with Gasteiger partial charge in [0.2, 0.25) is 0 Å². The van der Waals surface area contributed by atoms with Crippen LogP contribution >= 0.6 is 0 Å². The fourth-order valence-corrected chi connectivity index (χ4v) is 5.57. The summed E-state index contributed by atoms with van der Waals surface area (Å²) in [6, 6.07) is 33.6. The first kappa shape index (κ1) is 32.0. The quantitative estimate of drug-likeness (QED) is 0.127. The molecule has 0 radical (unpaired) electrons. The number of carbonyl (C=O) groups excluding carboxylic acids is 2. The molecule has 5 aromatic rings. The molecule has 0 aromatic heterocycles. The van der Waals surface area contributed by atoms with Crippen LogP contribution in [-0.4, -0.2) is 22.0 Å². The predicted octanol–water partition coefficient (Wildman–Crippen LogP) is 8.91. The summed E-state index contributed by atoms with van der Waals surface area (Å²) in [6.07, 6.45) is 1.66. The van der Waals surface area contributed by atoms with E-state index in [1.807, 2.05) is 86.6 Å². The number of amides is 2. The normalized spacial score (nSPS) is 12.3. The zero-order valence-electron chi connectivity index (χ0n) is 26.7. The number of aryl methyl sites for hydroxylation is 2. The topological polar surface area (TPSA) is 98.7 Å². The van der Waals surface area contributed by atoms with Crippen LogP contribution in [0.2, 0.25) is 0 Å². The minimum Gasteiger partial charge on any atom is -0.508 e. The average Bonchev–Trinajstić information content (AvgIpc) is 3.05. The van der Waals surface area contributed by atoms with Gasteiger partial charge in [-0.15, -0.1) is 0 Å². The molecule has 2 amide bonds. The molecule has 0 aliphatic carbocycles. The maximum Gasteiger partial charge on any atom is 0.255 e. The first-order chi connectivity index (χ1) is 22.0. The van der Waals surface area contributed by atoms with Crippen molar-refractivity contribution in [1.29, 1.82) is 0 Å². The van der Waals surface area contributed by atoms with E-state index in [9.17, 15) is 19.8 Å². The van der Waals surface area contributed by atoms with Crippen molar-refractivity contribution in [2.45, 2.75) is 52.4 Å². The van der Waals surface area contributed by atoms with Gasteiger partial charge in [0.05, 0.1) is 0 Å². The molecule has 0 saturated carbocycles. The van der Waals surface area contributed by atoms with Gasteiger partial charge in [-0.3, -0.25) is 9.59 Å². The molecule has 5 rings (SSSR count). The molecule has 6 heteroatoms. The SMILES string of the molecule is Cc1cc(C(C)Cc2ccc(NC(=O)c3cccc(C(=O)Nc4ccc(CC(C)c5ccc(O)c(C)c5)cc4)c3)cc2)ccc1O. The third-order valence-electron chi connectivity index (χ3n) is 8.47. The Morgan fingerprint density at radius 2 is 0.957 bits per heavy atom. The number of phenolic OH excluding ortho intramolecular Hbond substituents is 2. The molecule has 0 aliphatic heterocycles. The van der Waals surface area contributed by atoms with Crippen LogP contribution in [0.5, 0.6) is 11.5 Å². The Hall–Kier alpha value is -5.36. The van der Waals surface area contributed by atoms with Crippen molar-refractivity contribution in [3.05, 3.63) is 154 Å². The lowest BCUT2D eigenvalue weighted by atomic mass is 9.92. The highest BCUT2D eigenvalue weighted by atomic mass is 16.3. The van der Waals surface area contributed by atoms with E-state index >= 15 is 0 Å². The van der Waals surface area contributed by atoms with Crippen LogP contribution in [0.1, 0.15) is 79.8 Å². The van der Waals surface area contributed by atoms with Gasteiger partial charge in [0.25, 0.3) is 11.8 Å². The molecule has 0 fully saturated rings. The van der Waals surface area contributed by atoms with Crippen molar-refractivity contribution >= 4 is 23.2 Å². The second-order valence-electron chi connectivity index (χ2n) is 12.2. The summed E-state index contributed by atoms with van der Waals surface area (Å²) < 4.78 is 0. The molecule has 0 saturated heterocycles. The summed E-state index contributed by atoms with van der Waals surface area (Å²) in [5.41, 5.74) is 8.47. The number of aromatic hydroxyl groups is 2. The van der Waals surface area contributed by atoms with Gasteiger partial charge < -0.3 is 20.8 Å². The van der Waals surface area contributed by atoms with E-state index in [1.54, 1.807) is 36.4 Å². The Bertz CT molecular complexity index is 1710. The number of hydrogen-bond donors (Lipinski definition) is 4. The van der Waals surface area contributed by atoms with Crippen LogP contribution in [-0.2, 0) is 12.8 Å². The molecule has 46 heavy (non-hydrogen) atoms. The van der Waals surface area contributed by atoms with Crippen LogP contribution < -0.4 is 10.6 Å². The molecule has 0 aliphatic rings. The Balaban J connectivity index is 1.15. The van der Waals surface area contributed by atoms with Gasteiger partial charge in [-0.2, -0.15) is 0 Å². The molecule has 4 N–H and O–H groups in total. The second kappa shape index (κ2) is 14.2. The maximum absolute atomic E-state index is 13.0. The van der Waals surface area contributed by atoms with Gasteiger partial charge in [-0.25, -0.2) is 0 Å². The van der Waals surface area contributed by atoms with E-state index in [0.717, 1.165) is 35.1 Å². The number of carbonyl (C=O) groups is 2. The van der Waals surface area contributed by atoms with Crippen LogP contribution in [0.15, 0.2) is 109 Å². The monoisotopic (exact) mass is 612 g/mol. The average molecular weight is 613 g/mol. The molecule has 6 nitrogen and oxygen atoms in total. The lowest BCUT2D eigenvalue weighted by Gasteiger charge is -2.14. The van der Waals surface area contributed by atoms with E-state index in [4.69, 9.17) is 0 Å². The lowest BCUT2D eigenvalue weighted by molar-refractivity contribution is 0.102. The molecule has 5 aromatic carbocycles. The molecule has 2 atom stereocenters. The molecule has 234 valence electrons. The molecule has 2 unspecified atom stereocenters. The predicted molar refractivity (Wildman–Crippen MR) is 185 cm³/mol. The van der Waals surface area contributed by atoms with Gasteiger partial charge in [0, 0.05) is 22.5 Å². The molecular weight excluding hydrogens is 572 g/mol. The number of benzene rings is 5. The van der Waals surface area contributed by atoms with Gasteiger partial charge in [0.15, 0.2) is 0 Å². The summed E-state index contributed by atoms with van der Waals surface area (Å²) in [6.45, 7) is 8.10. The summed E-state index contributed by atoms with van der Waals surface area (Å²) in [5.74, 6) is 0.565. The Kier molecular flexibility index (Phi) is 9.87. The van der Waals surface area contributed by atoms with E-state index in [2.05, 4.69) is 24.5 Å². The van der Waals surface area contributed by atoms with Crippen molar-refractivity contribution in [2.24, 2.45) is 0 Å². The Morgan fingerprint density at radius 1 is 0.565 bits per heavy atom. The van der Waals surface area contributed by atoms with E-state index in [0.29, 0.717) is 34.0 Å². The fraction of sp³-hybridized carbons (Fsp3) is 0.200. The van der Waals surface area contributed by atoms with Gasteiger partial charge in [-0.05, 0) is 127 Å². The molecular formula is C40H40N2O4. The highest BCUT2D eigenvalue weighted by Gasteiger charge is 2.14. The van der Waals surface area contributed by atoms with Crippen LogP contribution in [0.4, 0.5) is 11.4 Å². The van der Waals surface area contributed by atoms with E-state index < -0.39 is 0 Å². The largest absolute Gasteiger partial charge is 0.508 e. The van der Waals surface area contributed by atoms with Crippen LogP contribution in [0.3, 0.4) is 0 Å². The summed E-state index contributed by atoms with van der Waals surface area (Å²) in [7, 11) is 0. The standard InChI is InChI=1S/C40H40N2O4/c1-25(31-12-18-37(43)27(3)22-31)20-29-8-14-35(15-9-29)41-39(45)33-6-5-7-34(24-33)40(46)42-36-16-10-30(11-17-36)21-26(2)32-13-19-38(44)28(4)23-32/h5-19,22-26,43-44H,20-21H2,1-4H3,(H,41,45)(H,42,46). The van der Waals surface area contributed by atoms with Crippen molar-refractivity contribution in [3.8, 4) is 11.5 Å². The molecule has 0 spiro atoms. The lowest BCUT2D eigenvalue weighted by Crippen LogP contribution is -2.15. The maximum atomic E-state index is 13.0. The minimum absolute atomic E-state index is 0.274. The van der Waals surface area contributed by atoms with Gasteiger partial charge in [0.1, 0.15) is 11.5 Å². The van der Waals surface area contributed by atoms with Crippen molar-refractivity contribution in [2.75, 3.05) is 10.6 Å². The zero-order chi connectivity index (χ0) is 32.8. The number of nitrogens with one attached hydrogen (secondary N) is 2. The highest BCUT2D eigenvalue weighted by molar-refractivity contribution is 6.08.